The molecule has 0 aliphatic rings. The van der Waals surface area contributed by atoms with Gasteiger partial charge in [0.05, 0.1) is 22.3 Å². The molecular weight excluding hydrogens is 1040 g/mol. The molecule has 0 amide bonds. The summed E-state index contributed by atoms with van der Waals surface area (Å²) in [5.41, 5.74) is 17.4. The molecule has 7 aromatic carbocycles. The maximum Gasteiger partial charge on any atom is 0.148 e. The number of nitrogens with zero attached hydrogens (tertiary/aromatic N) is 3. The summed E-state index contributed by atoms with van der Waals surface area (Å²) >= 11 is 0. The van der Waals surface area contributed by atoms with Crippen molar-refractivity contribution in [1.82, 2.24) is 19.5 Å². The van der Waals surface area contributed by atoms with Crippen LogP contribution in [0.2, 0.25) is 0 Å². The predicted molar refractivity (Wildman–Crippen MR) is 291 cm³/mol. The SMILES string of the molecule is CC(C)(C)c1cc(-c2cc(-c3cccc4[nH]c5ccccc5c34)ccn2)[c-]c(-c2cccc3c2nc(-c2cc(C(C)(C)C)cc(C(C)(C)C)c2O)n3-c2ccc(C(C)(C)C)cc2-c2ccccc2)c1.[Pt]. The number of aromatic amines is 1. The van der Waals surface area contributed by atoms with Crippen LogP contribution in [-0.2, 0) is 42.7 Å². The number of pyridine rings is 1. The van der Waals surface area contributed by atoms with Crippen LogP contribution in [-0.4, -0.2) is 24.6 Å². The van der Waals surface area contributed by atoms with Crippen molar-refractivity contribution in [2.24, 2.45) is 0 Å². The molecular formula is C64H63N4OPt-. The van der Waals surface area contributed by atoms with E-state index in [-0.39, 0.29) is 48.5 Å². The van der Waals surface area contributed by atoms with Gasteiger partial charge >= 0.3 is 0 Å². The van der Waals surface area contributed by atoms with E-state index in [0.717, 1.165) is 83.5 Å². The van der Waals surface area contributed by atoms with Crippen LogP contribution in [0.4, 0.5) is 0 Å². The molecule has 70 heavy (non-hydrogen) atoms. The van der Waals surface area contributed by atoms with Crippen LogP contribution in [0.15, 0.2) is 152 Å². The van der Waals surface area contributed by atoms with Crippen LogP contribution in [0.3, 0.4) is 0 Å². The Balaban J connectivity index is 0.00000608. The predicted octanol–water partition coefficient (Wildman–Crippen LogP) is 17.1. The molecule has 3 heterocycles. The molecule has 356 valence electrons. The van der Waals surface area contributed by atoms with Crippen LogP contribution >= 0.6 is 0 Å². The van der Waals surface area contributed by atoms with E-state index in [2.05, 4.69) is 244 Å². The summed E-state index contributed by atoms with van der Waals surface area (Å²) in [4.78, 5) is 14.4. The standard InChI is InChI=1S/C64H63N4O.Pt/c1-61(2,3)43-28-29-55(49(36-43)39-20-14-13-15-21-39)68-56-27-19-24-47(58(56)67-60(68)50-37-45(63(7,8)9)38-51(59(50)69)64(10,11)12)41-32-42(34-44(33-41)62(4,5)6)54-35-40(30-31-65-54)46-23-18-26-53-57(46)48-22-16-17-25-52(48)66-53;/h13-31,33-38,66,69H,1-12H3;/q-1;. The van der Waals surface area contributed by atoms with E-state index in [9.17, 15) is 5.11 Å². The van der Waals surface area contributed by atoms with E-state index >= 15 is 0 Å². The van der Waals surface area contributed by atoms with Gasteiger partial charge in [0.25, 0.3) is 0 Å². The minimum atomic E-state index is -0.336. The maximum atomic E-state index is 12.6. The Morgan fingerprint density at radius 1 is 0.514 bits per heavy atom. The van der Waals surface area contributed by atoms with Gasteiger partial charge in [-0.25, -0.2) is 4.98 Å². The fraction of sp³-hybridized carbons (Fsp3) is 0.250. The molecule has 0 saturated heterocycles. The van der Waals surface area contributed by atoms with Crippen molar-refractivity contribution >= 4 is 32.8 Å². The average molecular weight is 1100 g/mol. The van der Waals surface area contributed by atoms with Crippen molar-refractivity contribution in [3.63, 3.8) is 0 Å². The van der Waals surface area contributed by atoms with Crippen molar-refractivity contribution in [3.05, 3.63) is 180 Å². The first-order valence-corrected chi connectivity index (χ1v) is 24.3. The molecule has 3 aromatic heterocycles. The van der Waals surface area contributed by atoms with Crippen molar-refractivity contribution in [1.29, 1.82) is 0 Å². The minimum absolute atomic E-state index is 0. The summed E-state index contributed by atoms with van der Waals surface area (Å²) in [7, 11) is 0. The topological polar surface area (TPSA) is 66.7 Å². The van der Waals surface area contributed by atoms with Crippen LogP contribution < -0.4 is 0 Å². The van der Waals surface area contributed by atoms with Crippen molar-refractivity contribution < 1.29 is 26.2 Å². The number of hydrogen-bond acceptors (Lipinski definition) is 3. The smallest absolute Gasteiger partial charge is 0.148 e. The second-order valence-electron chi connectivity index (χ2n) is 23.0. The number of nitrogens with one attached hydrogen (secondary N) is 1. The molecule has 0 spiro atoms. The average Bonchev–Trinajstić information content (AvgIpc) is 3.89. The zero-order valence-electron chi connectivity index (χ0n) is 42.5. The second-order valence-corrected chi connectivity index (χ2v) is 23.0. The Morgan fingerprint density at radius 3 is 1.86 bits per heavy atom. The molecule has 0 aliphatic heterocycles. The van der Waals surface area contributed by atoms with Crippen LogP contribution in [0.5, 0.6) is 5.75 Å². The van der Waals surface area contributed by atoms with Crippen molar-refractivity contribution in [3.8, 4) is 67.5 Å². The second kappa shape index (κ2) is 17.7. The third-order valence-corrected chi connectivity index (χ3v) is 13.8. The summed E-state index contributed by atoms with van der Waals surface area (Å²) in [5.74, 6) is 0.930. The molecule has 0 radical (unpaired) electrons. The molecule has 0 atom stereocenters. The first-order chi connectivity index (χ1) is 32.6. The number of rotatable bonds is 6. The first-order valence-electron chi connectivity index (χ1n) is 24.3. The number of fused-ring (bicyclic) bond motifs is 4. The Kier molecular flexibility index (Phi) is 12.3. The van der Waals surface area contributed by atoms with Gasteiger partial charge in [-0.2, -0.15) is 0 Å². The van der Waals surface area contributed by atoms with Gasteiger partial charge in [0.15, 0.2) is 0 Å². The van der Waals surface area contributed by atoms with Crippen molar-refractivity contribution in [2.45, 2.75) is 105 Å². The van der Waals surface area contributed by atoms with Gasteiger partial charge in [-0.05, 0) is 91.9 Å². The largest absolute Gasteiger partial charge is 0.507 e. The van der Waals surface area contributed by atoms with E-state index in [1.54, 1.807) is 0 Å². The van der Waals surface area contributed by atoms with Crippen molar-refractivity contribution in [2.75, 3.05) is 0 Å². The normalized spacial score (nSPS) is 12.5. The zero-order valence-corrected chi connectivity index (χ0v) is 44.8. The molecule has 0 aliphatic carbocycles. The zero-order chi connectivity index (χ0) is 48.8. The molecule has 10 aromatic rings. The molecule has 0 bridgehead atoms. The van der Waals surface area contributed by atoms with E-state index < -0.39 is 0 Å². The number of aromatic hydroxyl groups is 1. The molecule has 0 fully saturated rings. The van der Waals surface area contributed by atoms with Gasteiger partial charge in [-0.3, -0.25) is 9.55 Å². The Bertz CT molecular complexity index is 3600. The van der Waals surface area contributed by atoms with Gasteiger partial charge < -0.3 is 10.1 Å². The minimum Gasteiger partial charge on any atom is -0.507 e. The molecule has 6 heteroatoms. The van der Waals surface area contributed by atoms with Gasteiger partial charge in [0.2, 0.25) is 0 Å². The van der Waals surface area contributed by atoms with Crippen LogP contribution in [0.1, 0.15) is 105 Å². The number of phenols is 1. The third-order valence-electron chi connectivity index (χ3n) is 13.8. The monoisotopic (exact) mass is 1100 g/mol. The Morgan fingerprint density at radius 2 is 1.14 bits per heavy atom. The fourth-order valence-electron chi connectivity index (χ4n) is 9.77. The first kappa shape index (κ1) is 48.5. The van der Waals surface area contributed by atoms with Crippen LogP contribution in [0, 0.1) is 6.07 Å². The number of hydrogen-bond donors (Lipinski definition) is 2. The van der Waals surface area contributed by atoms with E-state index in [0.29, 0.717) is 11.4 Å². The maximum absolute atomic E-state index is 12.6. The summed E-state index contributed by atoms with van der Waals surface area (Å²) in [6.45, 7) is 26.8. The summed E-state index contributed by atoms with van der Waals surface area (Å²) in [6, 6.07) is 56.0. The fourth-order valence-corrected chi connectivity index (χ4v) is 9.77. The molecule has 0 saturated carbocycles. The van der Waals surface area contributed by atoms with Gasteiger partial charge in [0.1, 0.15) is 11.6 Å². The third kappa shape index (κ3) is 8.83. The quantitative estimate of drug-likeness (QED) is 0.163. The summed E-state index contributed by atoms with van der Waals surface area (Å²) in [5, 5.41) is 15.0. The summed E-state index contributed by atoms with van der Waals surface area (Å²) in [6.07, 6.45) is 1.92. The van der Waals surface area contributed by atoms with Gasteiger partial charge in [-0.15, -0.1) is 29.3 Å². The Hall–Kier alpha value is -6.55. The molecule has 2 N–H and O–H groups in total. The number of imidazole rings is 1. The molecule has 10 rings (SSSR count). The van der Waals surface area contributed by atoms with E-state index in [4.69, 9.17) is 9.97 Å². The number of para-hydroxylation sites is 2. The number of H-pyrrole nitrogens is 1. The van der Waals surface area contributed by atoms with E-state index in [1.165, 1.54) is 21.9 Å². The number of aromatic nitrogens is 4. The molecule has 0 unspecified atom stereocenters. The Labute approximate surface area is 428 Å². The number of benzene rings is 7. The van der Waals surface area contributed by atoms with Gasteiger partial charge in [0, 0.05) is 65.9 Å². The summed E-state index contributed by atoms with van der Waals surface area (Å²) < 4.78 is 2.28. The van der Waals surface area contributed by atoms with Gasteiger partial charge in [-0.1, -0.05) is 185 Å². The number of phenolic OH excluding ortho intramolecular Hbond substituents is 1. The molecule has 5 nitrogen and oxygen atoms in total. The van der Waals surface area contributed by atoms with Crippen LogP contribution in [0.25, 0.3) is 94.6 Å². The van der Waals surface area contributed by atoms with E-state index in [1.807, 2.05) is 6.20 Å².